The quantitative estimate of drug-likeness (QED) is 0.764. The molecule has 1 aromatic carbocycles. The Bertz CT molecular complexity index is 467. The zero-order valence-corrected chi connectivity index (χ0v) is 9.82. The topological polar surface area (TPSA) is 12.9 Å². The van der Waals surface area contributed by atoms with Crippen molar-refractivity contribution < 1.29 is 4.39 Å². The highest BCUT2D eigenvalue weighted by Gasteiger charge is 2.09. The van der Waals surface area contributed by atoms with Gasteiger partial charge in [0, 0.05) is 5.56 Å². The molecule has 0 aliphatic heterocycles. The van der Waals surface area contributed by atoms with Crippen molar-refractivity contribution in [3.63, 3.8) is 0 Å². The summed E-state index contributed by atoms with van der Waals surface area (Å²) < 4.78 is 13.8. The third kappa shape index (κ3) is 1.72. The Hall–Kier alpha value is -0.740. The lowest BCUT2D eigenvalue weighted by Gasteiger charge is -2.02. The molecule has 72 valence electrons. The van der Waals surface area contributed by atoms with Crippen molar-refractivity contribution >= 4 is 27.3 Å². The summed E-state index contributed by atoms with van der Waals surface area (Å²) in [6, 6.07) is 4.72. The first-order valence-corrected chi connectivity index (χ1v) is 5.71. The average molecular weight is 272 g/mol. The lowest BCUT2D eigenvalue weighted by molar-refractivity contribution is 0.627. The maximum Gasteiger partial charge on any atom is 0.123 e. The lowest BCUT2D eigenvalue weighted by Crippen LogP contribution is -1.85. The molecular formula is C10H7BrFNS. The molecule has 1 nitrogen and oxygen atoms in total. The van der Waals surface area contributed by atoms with E-state index in [2.05, 4.69) is 20.9 Å². The Labute approximate surface area is 93.7 Å². The maximum absolute atomic E-state index is 12.9. The predicted octanol–water partition coefficient (Wildman–Crippen LogP) is 4.02. The lowest BCUT2D eigenvalue weighted by atomic mass is 10.1. The smallest absolute Gasteiger partial charge is 0.123 e. The first kappa shape index (κ1) is 9.80. The number of hydrogen-bond acceptors (Lipinski definition) is 2. The van der Waals surface area contributed by atoms with Crippen LogP contribution < -0.4 is 0 Å². The fourth-order valence-corrected chi connectivity index (χ4v) is 2.39. The van der Waals surface area contributed by atoms with E-state index in [1.54, 1.807) is 11.6 Å². The monoisotopic (exact) mass is 271 g/mol. The highest BCUT2D eigenvalue weighted by molar-refractivity contribution is 9.11. The van der Waals surface area contributed by atoms with E-state index in [1.165, 1.54) is 23.5 Å². The normalized spacial score (nSPS) is 10.5. The summed E-state index contributed by atoms with van der Waals surface area (Å²) in [5.41, 5.74) is 4.52. The van der Waals surface area contributed by atoms with Gasteiger partial charge in [-0.25, -0.2) is 9.37 Å². The summed E-state index contributed by atoms with van der Waals surface area (Å²) >= 11 is 4.94. The fourth-order valence-electron chi connectivity index (χ4n) is 1.30. The van der Waals surface area contributed by atoms with E-state index in [1.807, 2.05) is 6.92 Å². The molecule has 0 N–H and O–H groups in total. The number of hydrogen-bond donors (Lipinski definition) is 0. The molecule has 0 saturated carbocycles. The van der Waals surface area contributed by atoms with Gasteiger partial charge in [-0.3, -0.25) is 0 Å². The van der Waals surface area contributed by atoms with Crippen LogP contribution in [-0.4, -0.2) is 4.98 Å². The zero-order chi connectivity index (χ0) is 10.1. The van der Waals surface area contributed by atoms with Crippen molar-refractivity contribution in [3.8, 4) is 11.3 Å². The Kier molecular flexibility index (Phi) is 2.65. The molecule has 0 amide bonds. The minimum absolute atomic E-state index is 0.211. The first-order valence-electron chi connectivity index (χ1n) is 4.04. The third-order valence-electron chi connectivity index (χ3n) is 1.97. The summed E-state index contributed by atoms with van der Waals surface area (Å²) in [6.07, 6.45) is 0. The average Bonchev–Trinajstić information content (AvgIpc) is 2.52. The summed E-state index contributed by atoms with van der Waals surface area (Å²) in [6.45, 7) is 1.88. The van der Waals surface area contributed by atoms with E-state index < -0.39 is 0 Å². The van der Waals surface area contributed by atoms with Crippen molar-refractivity contribution in [1.82, 2.24) is 4.98 Å². The van der Waals surface area contributed by atoms with Gasteiger partial charge in [0.1, 0.15) is 5.82 Å². The number of aryl methyl sites for hydroxylation is 1. The molecule has 0 spiro atoms. The van der Waals surface area contributed by atoms with Gasteiger partial charge in [0.25, 0.3) is 0 Å². The van der Waals surface area contributed by atoms with Gasteiger partial charge in [-0.15, -0.1) is 11.3 Å². The van der Waals surface area contributed by atoms with Crippen LogP contribution in [0.2, 0.25) is 0 Å². The van der Waals surface area contributed by atoms with E-state index in [0.29, 0.717) is 0 Å². The number of nitrogens with zero attached hydrogens (tertiary/aromatic N) is 1. The first-order chi connectivity index (χ1) is 6.68. The van der Waals surface area contributed by atoms with Crippen molar-refractivity contribution in [2.75, 3.05) is 0 Å². The van der Waals surface area contributed by atoms with Crippen LogP contribution >= 0.6 is 27.3 Å². The molecule has 0 fully saturated rings. The molecule has 0 bridgehead atoms. The molecule has 1 heterocycles. The van der Waals surface area contributed by atoms with Crippen molar-refractivity contribution in [3.05, 3.63) is 38.9 Å². The minimum Gasteiger partial charge on any atom is -0.243 e. The van der Waals surface area contributed by atoms with Gasteiger partial charge in [0.2, 0.25) is 0 Å². The molecular weight excluding hydrogens is 265 g/mol. The number of benzene rings is 1. The number of halogens is 2. The number of rotatable bonds is 1. The second kappa shape index (κ2) is 3.79. The van der Waals surface area contributed by atoms with Crippen molar-refractivity contribution in [1.29, 1.82) is 0 Å². The van der Waals surface area contributed by atoms with Gasteiger partial charge in [-0.05, 0) is 46.6 Å². The molecule has 2 rings (SSSR count). The molecule has 2 aromatic rings. The SMILES string of the molecule is Cc1cc(F)ccc1-c1ncsc1Br. The van der Waals surface area contributed by atoms with Crippen LogP contribution in [0.3, 0.4) is 0 Å². The van der Waals surface area contributed by atoms with Gasteiger partial charge in [0.15, 0.2) is 0 Å². The molecule has 0 aliphatic carbocycles. The van der Waals surface area contributed by atoms with Gasteiger partial charge in [0.05, 0.1) is 15.0 Å². The highest BCUT2D eigenvalue weighted by atomic mass is 79.9. The summed E-state index contributed by atoms with van der Waals surface area (Å²) in [4.78, 5) is 4.23. The summed E-state index contributed by atoms with van der Waals surface area (Å²) in [7, 11) is 0. The van der Waals surface area contributed by atoms with Crippen LogP contribution in [-0.2, 0) is 0 Å². The summed E-state index contributed by atoms with van der Waals surface area (Å²) in [5, 5.41) is 0. The van der Waals surface area contributed by atoms with E-state index in [-0.39, 0.29) is 5.82 Å². The van der Waals surface area contributed by atoms with E-state index >= 15 is 0 Å². The van der Waals surface area contributed by atoms with Crippen LogP contribution in [0.5, 0.6) is 0 Å². The van der Waals surface area contributed by atoms with Gasteiger partial charge >= 0.3 is 0 Å². The largest absolute Gasteiger partial charge is 0.243 e. The standard InChI is InChI=1S/C10H7BrFNS/c1-6-4-7(12)2-3-8(6)9-10(11)14-5-13-9/h2-5H,1H3. The fraction of sp³-hybridized carbons (Fsp3) is 0.100. The molecule has 4 heteroatoms. The molecule has 0 aliphatic rings. The van der Waals surface area contributed by atoms with E-state index in [9.17, 15) is 4.39 Å². The van der Waals surface area contributed by atoms with Crippen LogP contribution in [0, 0.1) is 12.7 Å². The minimum atomic E-state index is -0.211. The Morgan fingerprint density at radius 3 is 2.79 bits per heavy atom. The Balaban J connectivity index is 2.58. The Morgan fingerprint density at radius 1 is 1.43 bits per heavy atom. The van der Waals surface area contributed by atoms with Crippen LogP contribution in [0.1, 0.15) is 5.56 Å². The number of aromatic nitrogens is 1. The second-order valence-electron chi connectivity index (χ2n) is 2.93. The predicted molar refractivity (Wildman–Crippen MR) is 59.9 cm³/mol. The van der Waals surface area contributed by atoms with E-state index in [4.69, 9.17) is 0 Å². The van der Waals surface area contributed by atoms with Crippen LogP contribution in [0.4, 0.5) is 4.39 Å². The maximum atomic E-state index is 12.9. The van der Waals surface area contributed by atoms with Gasteiger partial charge in [-0.2, -0.15) is 0 Å². The van der Waals surface area contributed by atoms with Crippen molar-refractivity contribution in [2.24, 2.45) is 0 Å². The third-order valence-corrected chi connectivity index (χ3v) is 3.52. The Morgan fingerprint density at radius 2 is 2.21 bits per heavy atom. The zero-order valence-electron chi connectivity index (χ0n) is 7.42. The molecule has 1 aromatic heterocycles. The molecule has 14 heavy (non-hydrogen) atoms. The van der Waals surface area contributed by atoms with E-state index in [0.717, 1.165) is 20.6 Å². The van der Waals surface area contributed by atoms with Crippen LogP contribution in [0.25, 0.3) is 11.3 Å². The van der Waals surface area contributed by atoms with Gasteiger partial charge in [-0.1, -0.05) is 0 Å². The highest BCUT2D eigenvalue weighted by Crippen LogP contribution is 2.32. The molecule has 0 radical (unpaired) electrons. The second-order valence-corrected chi connectivity index (χ2v) is 5.11. The van der Waals surface area contributed by atoms with Gasteiger partial charge < -0.3 is 0 Å². The molecule has 0 unspecified atom stereocenters. The molecule has 0 saturated heterocycles. The number of thiazole rings is 1. The van der Waals surface area contributed by atoms with Crippen molar-refractivity contribution in [2.45, 2.75) is 6.92 Å². The van der Waals surface area contributed by atoms with Crippen LogP contribution in [0.15, 0.2) is 27.5 Å². The summed E-state index contributed by atoms with van der Waals surface area (Å²) in [5.74, 6) is -0.211. The molecule has 0 atom stereocenters.